The normalized spacial score (nSPS) is 14.9. The molecular formula is C16H26N6O2. The maximum absolute atomic E-state index is 12.2. The maximum Gasteiger partial charge on any atom is 0.327 e. The second kappa shape index (κ2) is 7.65. The summed E-state index contributed by atoms with van der Waals surface area (Å²) in [5.41, 5.74) is 6.77. The minimum Gasteiger partial charge on any atom is -0.463 e. The highest BCUT2D eigenvalue weighted by Crippen LogP contribution is 2.18. The lowest BCUT2D eigenvalue weighted by molar-refractivity contribution is 0.177. The molecule has 0 atom stereocenters. The smallest absolute Gasteiger partial charge is 0.327 e. The first-order chi connectivity index (χ1) is 11.7. The van der Waals surface area contributed by atoms with Gasteiger partial charge in [0.2, 0.25) is 0 Å². The molecule has 1 aliphatic rings. The van der Waals surface area contributed by atoms with E-state index in [2.05, 4.69) is 26.8 Å². The molecule has 0 amide bonds. The number of hydrogen-bond acceptors (Lipinski definition) is 6. The SMILES string of the molecule is CCCCOc1nc(N)c2[nH]c(=O)n(CCCCN3CCC3)c2n1. The number of nitrogen functional groups attached to an aromatic ring is 1. The van der Waals surface area contributed by atoms with Crippen LogP contribution in [0.3, 0.4) is 0 Å². The van der Waals surface area contributed by atoms with E-state index in [0.717, 1.165) is 32.2 Å². The number of likely N-dealkylation sites (tertiary alicyclic amines) is 1. The van der Waals surface area contributed by atoms with Gasteiger partial charge in [0, 0.05) is 6.54 Å². The molecule has 3 heterocycles. The van der Waals surface area contributed by atoms with Crippen molar-refractivity contribution >= 4 is 17.0 Å². The van der Waals surface area contributed by atoms with E-state index >= 15 is 0 Å². The third-order valence-corrected chi connectivity index (χ3v) is 4.41. The highest BCUT2D eigenvalue weighted by Gasteiger charge is 2.15. The molecule has 0 unspecified atom stereocenters. The standard InChI is InChI=1S/C16H26N6O2/c1-2-3-11-24-15-19-13(17)12-14(20-15)22(16(23)18-12)10-5-4-7-21-8-6-9-21/h2-11H2,1H3,(H,18,23)(H2,17,19,20). The van der Waals surface area contributed by atoms with Crippen molar-refractivity contribution in [2.24, 2.45) is 0 Å². The van der Waals surface area contributed by atoms with Crippen LogP contribution in [0.2, 0.25) is 0 Å². The Hall–Kier alpha value is -2.09. The lowest BCUT2D eigenvalue weighted by Crippen LogP contribution is -2.37. The van der Waals surface area contributed by atoms with Gasteiger partial charge in [0.05, 0.1) is 6.61 Å². The average molecular weight is 334 g/mol. The summed E-state index contributed by atoms with van der Waals surface area (Å²) in [6.45, 7) is 6.76. The first-order valence-corrected chi connectivity index (χ1v) is 8.80. The van der Waals surface area contributed by atoms with Crippen LogP contribution in [0.15, 0.2) is 4.79 Å². The van der Waals surface area contributed by atoms with Crippen molar-refractivity contribution in [3.05, 3.63) is 10.5 Å². The second-order valence-electron chi connectivity index (χ2n) is 6.28. The number of anilines is 1. The molecule has 0 aromatic carbocycles. The van der Waals surface area contributed by atoms with E-state index < -0.39 is 0 Å². The van der Waals surface area contributed by atoms with E-state index in [1.165, 1.54) is 19.5 Å². The summed E-state index contributed by atoms with van der Waals surface area (Å²) in [5.74, 6) is 0.253. The zero-order valence-corrected chi connectivity index (χ0v) is 14.3. The third-order valence-electron chi connectivity index (χ3n) is 4.41. The molecule has 0 aliphatic carbocycles. The first-order valence-electron chi connectivity index (χ1n) is 8.80. The summed E-state index contributed by atoms with van der Waals surface area (Å²) < 4.78 is 7.18. The summed E-state index contributed by atoms with van der Waals surface area (Å²) >= 11 is 0. The maximum atomic E-state index is 12.2. The number of ether oxygens (including phenoxy) is 1. The Balaban J connectivity index is 1.70. The first kappa shape index (κ1) is 16.8. The van der Waals surface area contributed by atoms with Gasteiger partial charge >= 0.3 is 11.7 Å². The third kappa shape index (κ3) is 3.69. The molecule has 1 aliphatic heterocycles. The molecule has 1 fully saturated rings. The number of rotatable bonds is 9. The minimum absolute atomic E-state index is 0.194. The van der Waals surface area contributed by atoms with Crippen LogP contribution in [0.5, 0.6) is 6.01 Å². The van der Waals surface area contributed by atoms with Gasteiger partial charge in [-0.25, -0.2) is 4.79 Å². The Bertz CT molecular complexity index is 734. The summed E-state index contributed by atoms with van der Waals surface area (Å²) in [7, 11) is 0. The molecule has 0 saturated carbocycles. The molecule has 1 saturated heterocycles. The Morgan fingerprint density at radius 1 is 1.21 bits per heavy atom. The van der Waals surface area contributed by atoms with E-state index in [9.17, 15) is 4.79 Å². The van der Waals surface area contributed by atoms with Crippen molar-refractivity contribution in [2.45, 2.75) is 45.6 Å². The molecule has 8 heteroatoms. The summed E-state index contributed by atoms with van der Waals surface area (Å²) in [5, 5.41) is 0. The molecule has 8 nitrogen and oxygen atoms in total. The lowest BCUT2D eigenvalue weighted by atomic mass is 10.2. The largest absolute Gasteiger partial charge is 0.463 e. The Morgan fingerprint density at radius 3 is 2.71 bits per heavy atom. The molecule has 3 rings (SSSR count). The number of nitrogens with zero attached hydrogens (tertiary/aromatic N) is 4. The van der Waals surface area contributed by atoms with Crippen LogP contribution in [-0.2, 0) is 6.54 Å². The van der Waals surface area contributed by atoms with Gasteiger partial charge in [-0.05, 0) is 45.3 Å². The topological polar surface area (TPSA) is 102 Å². The van der Waals surface area contributed by atoms with Crippen LogP contribution in [0.25, 0.3) is 11.2 Å². The van der Waals surface area contributed by atoms with Crippen LogP contribution >= 0.6 is 0 Å². The quantitative estimate of drug-likeness (QED) is 0.672. The molecule has 2 aromatic rings. The molecule has 132 valence electrons. The fraction of sp³-hybridized carbons (Fsp3) is 0.688. The number of aromatic nitrogens is 4. The highest BCUT2D eigenvalue weighted by molar-refractivity contribution is 5.81. The van der Waals surface area contributed by atoms with Crippen molar-refractivity contribution in [3.63, 3.8) is 0 Å². The molecule has 2 aromatic heterocycles. The molecule has 0 radical (unpaired) electrons. The van der Waals surface area contributed by atoms with Gasteiger partial charge in [0.1, 0.15) is 5.52 Å². The minimum atomic E-state index is -0.194. The molecule has 24 heavy (non-hydrogen) atoms. The van der Waals surface area contributed by atoms with Gasteiger partial charge in [-0.1, -0.05) is 13.3 Å². The summed E-state index contributed by atoms with van der Waals surface area (Å²) in [6.07, 6.45) is 5.26. The van der Waals surface area contributed by atoms with Crippen molar-refractivity contribution in [1.82, 2.24) is 24.4 Å². The zero-order chi connectivity index (χ0) is 16.9. The van der Waals surface area contributed by atoms with Crippen molar-refractivity contribution in [1.29, 1.82) is 0 Å². The van der Waals surface area contributed by atoms with E-state index in [1.54, 1.807) is 4.57 Å². The number of H-pyrrole nitrogens is 1. The number of imidazole rings is 1. The lowest BCUT2D eigenvalue weighted by Gasteiger charge is -2.30. The van der Waals surface area contributed by atoms with Gasteiger partial charge in [0.25, 0.3) is 0 Å². The number of nitrogens with two attached hydrogens (primary N) is 1. The van der Waals surface area contributed by atoms with Crippen LogP contribution < -0.4 is 16.2 Å². The Labute approximate surface area is 141 Å². The number of aryl methyl sites for hydroxylation is 1. The Morgan fingerprint density at radius 2 is 2.00 bits per heavy atom. The van der Waals surface area contributed by atoms with Crippen molar-refractivity contribution in [2.75, 3.05) is 32.0 Å². The Kier molecular flexibility index (Phi) is 5.34. The van der Waals surface area contributed by atoms with Crippen molar-refractivity contribution in [3.8, 4) is 6.01 Å². The molecule has 0 bridgehead atoms. The number of fused-ring (bicyclic) bond motifs is 1. The second-order valence-corrected chi connectivity index (χ2v) is 6.28. The van der Waals surface area contributed by atoms with Crippen LogP contribution in [-0.4, -0.2) is 50.7 Å². The van der Waals surface area contributed by atoms with Crippen LogP contribution in [0, 0.1) is 0 Å². The van der Waals surface area contributed by atoms with Gasteiger partial charge < -0.3 is 20.4 Å². The van der Waals surface area contributed by atoms with E-state index in [0.29, 0.717) is 24.3 Å². The van der Waals surface area contributed by atoms with Gasteiger partial charge in [-0.15, -0.1) is 0 Å². The predicted octanol–water partition coefficient (Wildman–Crippen LogP) is 1.37. The van der Waals surface area contributed by atoms with Crippen LogP contribution in [0.4, 0.5) is 5.82 Å². The van der Waals surface area contributed by atoms with Crippen molar-refractivity contribution < 1.29 is 4.74 Å². The molecule has 3 N–H and O–H groups in total. The van der Waals surface area contributed by atoms with Gasteiger partial charge in [-0.2, -0.15) is 9.97 Å². The fourth-order valence-corrected chi connectivity index (χ4v) is 2.82. The predicted molar refractivity (Wildman–Crippen MR) is 93.3 cm³/mol. The molecule has 0 spiro atoms. The average Bonchev–Trinajstić information content (AvgIpc) is 2.82. The fourth-order valence-electron chi connectivity index (χ4n) is 2.82. The van der Waals surface area contributed by atoms with E-state index in [4.69, 9.17) is 10.5 Å². The number of unbranched alkanes of at least 4 members (excludes halogenated alkanes) is 2. The highest BCUT2D eigenvalue weighted by atomic mass is 16.5. The van der Waals surface area contributed by atoms with E-state index in [-0.39, 0.29) is 17.5 Å². The molecular weight excluding hydrogens is 308 g/mol. The van der Waals surface area contributed by atoms with E-state index in [1.807, 2.05) is 0 Å². The number of hydrogen-bond donors (Lipinski definition) is 2. The number of aromatic amines is 1. The zero-order valence-electron chi connectivity index (χ0n) is 14.3. The van der Waals surface area contributed by atoms with Gasteiger partial charge in [-0.3, -0.25) is 4.57 Å². The monoisotopic (exact) mass is 334 g/mol. The summed E-state index contributed by atoms with van der Waals surface area (Å²) in [4.78, 5) is 25.9. The van der Waals surface area contributed by atoms with Gasteiger partial charge in [0.15, 0.2) is 11.5 Å². The van der Waals surface area contributed by atoms with Crippen LogP contribution in [0.1, 0.15) is 39.0 Å². The summed E-state index contributed by atoms with van der Waals surface area (Å²) in [6, 6.07) is 0.238. The number of nitrogens with one attached hydrogen (secondary N) is 1.